The first kappa shape index (κ1) is 18.6. The van der Waals surface area contributed by atoms with Gasteiger partial charge in [0.15, 0.2) is 11.6 Å². The second-order valence-corrected chi connectivity index (χ2v) is 7.60. The van der Waals surface area contributed by atoms with Crippen molar-refractivity contribution in [3.63, 3.8) is 0 Å². The number of nitrogens with zero attached hydrogens (tertiary/aromatic N) is 4. The summed E-state index contributed by atoms with van der Waals surface area (Å²) in [7, 11) is -1.72. The van der Waals surface area contributed by atoms with E-state index in [1.807, 2.05) is 0 Å². The molecule has 1 aromatic carbocycles. The van der Waals surface area contributed by atoms with Crippen LogP contribution < -0.4 is 15.4 Å². The first-order chi connectivity index (χ1) is 12.9. The van der Waals surface area contributed by atoms with Crippen molar-refractivity contribution < 1.29 is 12.8 Å². The van der Waals surface area contributed by atoms with E-state index in [9.17, 15) is 12.8 Å². The standard InChI is InChI=1S/C16H18FN7O2S/c1-3-27(25,26)23-14-7-5-4-6-13(14)21-15-12(17)9-18-16(22-15)20-11-8-19-24(2)10-11/h4-10,23H,3H2,1-2H3,(H2,18,20,21,22). The number of halogens is 1. The van der Waals surface area contributed by atoms with Crippen molar-refractivity contribution in [3.05, 3.63) is 48.7 Å². The van der Waals surface area contributed by atoms with Crippen LogP contribution in [0.2, 0.25) is 0 Å². The number of aromatic nitrogens is 4. The van der Waals surface area contributed by atoms with Crippen LogP contribution in [0.25, 0.3) is 0 Å². The summed E-state index contributed by atoms with van der Waals surface area (Å²) in [5, 5.41) is 9.74. The number of anilines is 5. The van der Waals surface area contributed by atoms with E-state index < -0.39 is 15.8 Å². The number of nitrogens with one attached hydrogen (secondary N) is 3. The average Bonchev–Trinajstić information content (AvgIpc) is 3.04. The summed E-state index contributed by atoms with van der Waals surface area (Å²) >= 11 is 0. The summed E-state index contributed by atoms with van der Waals surface area (Å²) in [4.78, 5) is 8.00. The Hall–Kier alpha value is -3.21. The molecule has 3 N–H and O–H groups in total. The van der Waals surface area contributed by atoms with E-state index in [1.165, 1.54) is 6.92 Å². The van der Waals surface area contributed by atoms with Gasteiger partial charge >= 0.3 is 0 Å². The number of benzene rings is 1. The lowest BCUT2D eigenvalue weighted by Crippen LogP contribution is -2.15. The summed E-state index contributed by atoms with van der Waals surface area (Å²) < 4.78 is 41.9. The molecule has 27 heavy (non-hydrogen) atoms. The fraction of sp³-hybridized carbons (Fsp3) is 0.188. The van der Waals surface area contributed by atoms with Crippen LogP contribution in [0.4, 0.5) is 33.2 Å². The van der Waals surface area contributed by atoms with Crippen molar-refractivity contribution in [2.24, 2.45) is 7.05 Å². The van der Waals surface area contributed by atoms with Crippen LogP contribution in [-0.4, -0.2) is 33.9 Å². The van der Waals surface area contributed by atoms with Crippen LogP contribution >= 0.6 is 0 Å². The topological polar surface area (TPSA) is 114 Å². The van der Waals surface area contributed by atoms with Gasteiger partial charge < -0.3 is 10.6 Å². The molecule has 0 atom stereocenters. The van der Waals surface area contributed by atoms with Crippen molar-refractivity contribution in [1.29, 1.82) is 0 Å². The van der Waals surface area contributed by atoms with Gasteiger partial charge in [-0.25, -0.2) is 17.8 Å². The number of sulfonamides is 1. The van der Waals surface area contributed by atoms with Gasteiger partial charge in [-0.2, -0.15) is 10.1 Å². The Labute approximate surface area is 155 Å². The van der Waals surface area contributed by atoms with Gasteiger partial charge in [0.25, 0.3) is 0 Å². The van der Waals surface area contributed by atoms with Gasteiger partial charge in [0.05, 0.1) is 35.2 Å². The van der Waals surface area contributed by atoms with E-state index in [1.54, 1.807) is 48.4 Å². The second-order valence-electron chi connectivity index (χ2n) is 5.59. The van der Waals surface area contributed by atoms with Crippen molar-refractivity contribution >= 4 is 38.9 Å². The Morgan fingerprint density at radius 3 is 2.56 bits per heavy atom. The Morgan fingerprint density at radius 1 is 1.15 bits per heavy atom. The summed E-state index contributed by atoms with van der Waals surface area (Å²) in [5.74, 6) is -0.694. The van der Waals surface area contributed by atoms with Crippen molar-refractivity contribution in [3.8, 4) is 0 Å². The van der Waals surface area contributed by atoms with E-state index in [2.05, 4.69) is 30.4 Å². The van der Waals surface area contributed by atoms with E-state index in [0.717, 1.165) is 6.20 Å². The van der Waals surface area contributed by atoms with E-state index in [4.69, 9.17) is 0 Å². The highest BCUT2D eigenvalue weighted by Crippen LogP contribution is 2.27. The van der Waals surface area contributed by atoms with Gasteiger partial charge in [-0.05, 0) is 19.1 Å². The number of hydrogen-bond donors (Lipinski definition) is 3. The highest BCUT2D eigenvalue weighted by atomic mass is 32.2. The number of para-hydroxylation sites is 2. The zero-order valence-corrected chi connectivity index (χ0v) is 15.5. The summed E-state index contributed by atoms with van der Waals surface area (Å²) in [6.07, 6.45) is 4.32. The van der Waals surface area contributed by atoms with Gasteiger partial charge in [0.2, 0.25) is 16.0 Å². The second kappa shape index (κ2) is 7.58. The molecule has 142 valence electrons. The average molecular weight is 391 g/mol. The molecule has 0 aliphatic carbocycles. The molecule has 0 unspecified atom stereocenters. The third-order valence-corrected chi connectivity index (χ3v) is 4.82. The smallest absolute Gasteiger partial charge is 0.232 e. The van der Waals surface area contributed by atoms with Crippen LogP contribution in [0.3, 0.4) is 0 Å². The van der Waals surface area contributed by atoms with Gasteiger partial charge in [0, 0.05) is 13.2 Å². The number of aryl methyl sites for hydroxylation is 1. The minimum atomic E-state index is -3.48. The zero-order chi connectivity index (χ0) is 19.4. The Kier molecular flexibility index (Phi) is 5.21. The van der Waals surface area contributed by atoms with Crippen LogP contribution in [-0.2, 0) is 17.1 Å². The molecule has 0 radical (unpaired) electrons. The summed E-state index contributed by atoms with van der Waals surface area (Å²) in [6.45, 7) is 1.53. The Bertz CT molecular complexity index is 1050. The van der Waals surface area contributed by atoms with Gasteiger partial charge in [0.1, 0.15) is 0 Å². The third-order valence-electron chi connectivity index (χ3n) is 3.53. The SMILES string of the molecule is CCS(=O)(=O)Nc1ccccc1Nc1nc(Nc2cnn(C)c2)ncc1F. The van der Waals surface area contributed by atoms with E-state index >= 15 is 0 Å². The molecule has 0 fully saturated rings. The summed E-state index contributed by atoms with van der Waals surface area (Å²) in [6, 6.07) is 6.55. The van der Waals surface area contributed by atoms with Gasteiger partial charge in [-0.3, -0.25) is 9.40 Å². The zero-order valence-electron chi connectivity index (χ0n) is 14.6. The first-order valence-electron chi connectivity index (χ1n) is 8.01. The fourth-order valence-electron chi connectivity index (χ4n) is 2.18. The van der Waals surface area contributed by atoms with Gasteiger partial charge in [-0.15, -0.1) is 0 Å². The molecule has 0 aliphatic heterocycles. The monoisotopic (exact) mass is 391 g/mol. The maximum Gasteiger partial charge on any atom is 0.232 e. The Balaban J connectivity index is 1.86. The van der Waals surface area contributed by atoms with Crippen LogP contribution in [0.15, 0.2) is 42.9 Å². The molecule has 0 spiro atoms. The molecule has 2 aromatic heterocycles. The molecule has 9 nitrogen and oxygen atoms in total. The number of hydrogen-bond acceptors (Lipinski definition) is 7. The minimum Gasteiger partial charge on any atom is -0.336 e. The largest absolute Gasteiger partial charge is 0.336 e. The van der Waals surface area contributed by atoms with Gasteiger partial charge in [-0.1, -0.05) is 12.1 Å². The Morgan fingerprint density at radius 2 is 1.89 bits per heavy atom. The molecule has 2 heterocycles. The molecule has 0 saturated carbocycles. The lowest BCUT2D eigenvalue weighted by Gasteiger charge is -2.14. The molecule has 0 aliphatic rings. The van der Waals surface area contributed by atoms with Crippen molar-refractivity contribution in [1.82, 2.24) is 19.7 Å². The molecule has 3 aromatic rings. The molecule has 11 heteroatoms. The van der Waals surface area contributed by atoms with Crippen molar-refractivity contribution in [2.45, 2.75) is 6.92 Å². The predicted octanol–water partition coefficient (Wildman–Crippen LogP) is 2.60. The quantitative estimate of drug-likeness (QED) is 0.567. The maximum atomic E-state index is 14.2. The normalized spacial score (nSPS) is 11.2. The van der Waals surface area contributed by atoms with E-state index in [-0.39, 0.29) is 17.5 Å². The lowest BCUT2D eigenvalue weighted by molar-refractivity contribution is 0.602. The highest BCUT2D eigenvalue weighted by molar-refractivity contribution is 7.92. The first-order valence-corrected chi connectivity index (χ1v) is 9.66. The highest BCUT2D eigenvalue weighted by Gasteiger charge is 2.13. The third kappa shape index (κ3) is 4.70. The van der Waals surface area contributed by atoms with Crippen LogP contribution in [0, 0.1) is 5.82 Å². The maximum absolute atomic E-state index is 14.2. The molecular weight excluding hydrogens is 373 g/mol. The van der Waals surface area contributed by atoms with E-state index in [0.29, 0.717) is 17.1 Å². The molecule has 0 saturated heterocycles. The number of rotatable bonds is 7. The fourth-order valence-corrected chi connectivity index (χ4v) is 2.84. The predicted molar refractivity (Wildman–Crippen MR) is 101 cm³/mol. The van der Waals surface area contributed by atoms with Crippen molar-refractivity contribution in [2.75, 3.05) is 21.1 Å². The van der Waals surface area contributed by atoms with Crippen LogP contribution in [0.1, 0.15) is 6.92 Å². The molecule has 0 amide bonds. The molecular formula is C16H18FN7O2S. The van der Waals surface area contributed by atoms with Crippen LogP contribution in [0.5, 0.6) is 0 Å². The minimum absolute atomic E-state index is 0.0810. The lowest BCUT2D eigenvalue weighted by atomic mass is 10.2. The molecule has 3 rings (SSSR count). The summed E-state index contributed by atoms with van der Waals surface area (Å²) in [5.41, 5.74) is 1.30. The molecule has 0 bridgehead atoms.